The van der Waals surface area contributed by atoms with Crippen molar-refractivity contribution < 1.29 is 9.90 Å². The van der Waals surface area contributed by atoms with Crippen LogP contribution in [0.4, 0.5) is 0 Å². The quantitative estimate of drug-likeness (QED) is 0.828. The van der Waals surface area contributed by atoms with Gasteiger partial charge >= 0.3 is 0 Å². The van der Waals surface area contributed by atoms with E-state index in [0.29, 0.717) is 19.4 Å². The summed E-state index contributed by atoms with van der Waals surface area (Å²) in [6.45, 7) is 6.52. The van der Waals surface area contributed by atoms with Gasteiger partial charge in [0.1, 0.15) is 0 Å². The average molecular weight is 263 g/mol. The van der Waals surface area contributed by atoms with Crippen molar-refractivity contribution in [2.75, 3.05) is 6.54 Å². The number of aliphatic hydroxyl groups excluding tert-OH is 1. The largest absolute Gasteiger partial charge is 0.393 e. The highest BCUT2D eigenvalue weighted by Gasteiger charge is 2.21. The van der Waals surface area contributed by atoms with E-state index in [1.807, 2.05) is 51.1 Å². The summed E-state index contributed by atoms with van der Waals surface area (Å²) in [4.78, 5) is 11.7. The minimum atomic E-state index is -0.387. The fraction of sp³-hybridized carbons (Fsp3) is 0.562. The molecule has 1 atom stereocenters. The predicted octanol–water partition coefficient (Wildman–Crippen LogP) is 2.53. The summed E-state index contributed by atoms with van der Waals surface area (Å²) < 4.78 is 0. The molecule has 106 valence electrons. The van der Waals surface area contributed by atoms with Gasteiger partial charge in [-0.25, -0.2) is 0 Å². The Bertz CT molecular complexity index is 381. The second-order valence-corrected chi connectivity index (χ2v) is 6.01. The van der Waals surface area contributed by atoms with Crippen LogP contribution < -0.4 is 5.32 Å². The molecule has 19 heavy (non-hydrogen) atoms. The maximum atomic E-state index is 11.7. The molecular weight excluding hydrogens is 238 g/mol. The van der Waals surface area contributed by atoms with Crippen molar-refractivity contribution in [2.45, 2.75) is 46.1 Å². The first-order valence-corrected chi connectivity index (χ1v) is 6.88. The average Bonchev–Trinajstić information content (AvgIpc) is 2.36. The van der Waals surface area contributed by atoms with Crippen LogP contribution in [0.2, 0.25) is 0 Å². The van der Waals surface area contributed by atoms with Crippen molar-refractivity contribution >= 4 is 5.91 Å². The van der Waals surface area contributed by atoms with E-state index >= 15 is 0 Å². The Kier molecular flexibility index (Phi) is 6.03. The van der Waals surface area contributed by atoms with E-state index in [4.69, 9.17) is 0 Å². The maximum absolute atomic E-state index is 11.7. The Hall–Kier alpha value is -1.35. The highest BCUT2D eigenvalue weighted by Crippen LogP contribution is 2.20. The number of nitrogens with one attached hydrogen (secondary N) is 1. The Morgan fingerprint density at radius 2 is 1.89 bits per heavy atom. The van der Waals surface area contributed by atoms with Gasteiger partial charge in [-0.15, -0.1) is 0 Å². The number of hydrogen-bond donors (Lipinski definition) is 2. The van der Waals surface area contributed by atoms with Crippen LogP contribution in [0.3, 0.4) is 0 Å². The Morgan fingerprint density at radius 1 is 1.26 bits per heavy atom. The minimum Gasteiger partial charge on any atom is -0.393 e. The fourth-order valence-electron chi connectivity index (χ4n) is 1.77. The molecule has 2 N–H and O–H groups in total. The van der Waals surface area contributed by atoms with Crippen LogP contribution in [0.1, 0.15) is 39.2 Å². The van der Waals surface area contributed by atoms with Crippen LogP contribution in [0.25, 0.3) is 0 Å². The van der Waals surface area contributed by atoms with E-state index in [9.17, 15) is 9.90 Å². The van der Waals surface area contributed by atoms with E-state index in [1.165, 1.54) is 5.56 Å². The lowest BCUT2D eigenvalue weighted by molar-refractivity contribution is -0.121. The Morgan fingerprint density at radius 3 is 2.47 bits per heavy atom. The number of hydrogen-bond acceptors (Lipinski definition) is 2. The van der Waals surface area contributed by atoms with Crippen LogP contribution in [-0.4, -0.2) is 23.7 Å². The number of aliphatic hydroxyl groups is 1. The molecule has 1 amide bonds. The molecule has 0 spiro atoms. The third-order valence-corrected chi connectivity index (χ3v) is 3.22. The van der Waals surface area contributed by atoms with Crippen molar-refractivity contribution in [3.63, 3.8) is 0 Å². The molecule has 3 nitrogen and oxygen atoms in total. The molecule has 0 saturated carbocycles. The van der Waals surface area contributed by atoms with Gasteiger partial charge < -0.3 is 10.4 Å². The van der Waals surface area contributed by atoms with Gasteiger partial charge in [0.15, 0.2) is 0 Å². The first kappa shape index (κ1) is 15.7. The molecule has 1 rings (SSSR count). The Labute approximate surface area is 116 Å². The second kappa shape index (κ2) is 7.29. The van der Waals surface area contributed by atoms with Crippen molar-refractivity contribution in [3.8, 4) is 0 Å². The molecule has 0 heterocycles. The van der Waals surface area contributed by atoms with Gasteiger partial charge in [0.05, 0.1) is 6.10 Å². The first-order chi connectivity index (χ1) is 8.89. The van der Waals surface area contributed by atoms with E-state index < -0.39 is 0 Å². The van der Waals surface area contributed by atoms with Gasteiger partial charge in [0, 0.05) is 13.0 Å². The number of carbonyl (C=O) groups excluding carboxylic acids is 1. The predicted molar refractivity (Wildman–Crippen MR) is 77.9 cm³/mol. The zero-order valence-electron chi connectivity index (χ0n) is 12.1. The summed E-state index contributed by atoms with van der Waals surface area (Å²) in [6, 6.07) is 9.98. The molecule has 0 aliphatic carbocycles. The van der Waals surface area contributed by atoms with Crippen LogP contribution in [-0.2, 0) is 11.2 Å². The molecule has 0 aliphatic heterocycles. The zero-order chi connectivity index (χ0) is 14.3. The lowest BCUT2D eigenvalue weighted by Gasteiger charge is -2.25. The molecule has 0 aromatic heterocycles. The number of carbonyl (C=O) groups is 1. The number of aryl methyl sites for hydroxylation is 1. The molecular formula is C16H25NO2. The monoisotopic (exact) mass is 263 g/mol. The van der Waals surface area contributed by atoms with Gasteiger partial charge in [-0.05, 0) is 23.8 Å². The highest BCUT2D eigenvalue weighted by atomic mass is 16.3. The summed E-state index contributed by atoms with van der Waals surface area (Å²) in [5.74, 6) is 0.0463. The highest BCUT2D eigenvalue weighted by molar-refractivity contribution is 5.76. The smallest absolute Gasteiger partial charge is 0.220 e. The van der Waals surface area contributed by atoms with Gasteiger partial charge in [-0.3, -0.25) is 4.79 Å². The SMILES string of the molecule is CC(C)(C)[C@@H](O)CCNC(=O)CCc1ccccc1. The van der Waals surface area contributed by atoms with Crippen LogP contribution in [0.15, 0.2) is 30.3 Å². The van der Waals surface area contributed by atoms with Crippen LogP contribution in [0, 0.1) is 5.41 Å². The van der Waals surface area contributed by atoms with Crippen LogP contribution in [0.5, 0.6) is 0 Å². The molecule has 0 unspecified atom stereocenters. The number of benzene rings is 1. The topological polar surface area (TPSA) is 49.3 Å². The van der Waals surface area contributed by atoms with Crippen LogP contribution >= 0.6 is 0 Å². The lowest BCUT2D eigenvalue weighted by Crippen LogP contribution is -2.32. The molecule has 0 aliphatic rings. The second-order valence-electron chi connectivity index (χ2n) is 6.01. The van der Waals surface area contributed by atoms with E-state index in [0.717, 1.165) is 6.42 Å². The normalized spacial score (nSPS) is 13.1. The van der Waals surface area contributed by atoms with Crippen molar-refractivity contribution in [2.24, 2.45) is 5.41 Å². The maximum Gasteiger partial charge on any atom is 0.220 e. The van der Waals surface area contributed by atoms with Crippen molar-refractivity contribution in [3.05, 3.63) is 35.9 Å². The third kappa shape index (κ3) is 6.39. The zero-order valence-corrected chi connectivity index (χ0v) is 12.1. The summed E-state index contributed by atoms with van der Waals surface area (Å²) in [7, 11) is 0. The van der Waals surface area contributed by atoms with Gasteiger partial charge in [-0.1, -0.05) is 51.1 Å². The summed E-state index contributed by atoms with van der Waals surface area (Å²) in [5, 5.41) is 12.7. The molecule has 1 aromatic rings. The van der Waals surface area contributed by atoms with Gasteiger partial charge in [-0.2, -0.15) is 0 Å². The first-order valence-electron chi connectivity index (χ1n) is 6.88. The number of rotatable bonds is 6. The fourth-order valence-corrected chi connectivity index (χ4v) is 1.77. The molecule has 3 heteroatoms. The standard InChI is InChI=1S/C16H25NO2/c1-16(2,3)14(18)11-12-17-15(19)10-9-13-7-5-4-6-8-13/h4-8,14,18H,9-12H2,1-3H3,(H,17,19)/t14-/m0/s1. The van der Waals surface area contributed by atoms with Crippen molar-refractivity contribution in [1.82, 2.24) is 5.32 Å². The molecule has 1 aromatic carbocycles. The summed E-state index contributed by atoms with van der Waals surface area (Å²) >= 11 is 0. The Balaban J connectivity index is 2.19. The minimum absolute atomic E-state index is 0.0463. The molecule has 0 fully saturated rings. The summed E-state index contributed by atoms with van der Waals surface area (Å²) in [5.41, 5.74) is 1.04. The van der Waals surface area contributed by atoms with Gasteiger partial charge in [0.2, 0.25) is 5.91 Å². The third-order valence-electron chi connectivity index (χ3n) is 3.22. The number of amides is 1. The lowest BCUT2D eigenvalue weighted by atomic mass is 9.87. The van der Waals surface area contributed by atoms with Crippen molar-refractivity contribution in [1.29, 1.82) is 0 Å². The molecule has 0 radical (unpaired) electrons. The molecule has 0 bridgehead atoms. The van der Waals surface area contributed by atoms with E-state index in [-0.39, 0.29) is 17.4 Å². The van der Waals surface area contributed by atoms with E-state index in [2.05, 4.69) is 5.32 Å². The van der Waals surface area contributed by atoms with Gasteiger partial charge in [0.25, 0.3) is 0 Å². The summed E-state index contributed by atoms with van der Waals surface area (Å²) in [6.07, 6.45) is 1.46. The van der Waals surface area contributed by atoms with E-state index in [1.54, 1.807) is 0 Å². The molecule has 0 saturated heterocycles.